The van der Waals surface area contributed by atoms with Crippen LogP contribution in [-0.2, 0) is 42.9 Å². The van der Waals surface area contributed by atoms with Gasteiger partial charge < -0.3 is 44.3 Å². The van der Waals surface area contributed by atoms with Crippen LogP contribution in [0.25, 0.3) is 0 Å². The Labute approximate surface area is 358 Å². The van der Waals surface area contributed by atoms with Crippen LogP contribution in [0.1, 0.15) is 86.7 Å². The number of ketones is 1. The van der Waals surface area contributed by atoms with Gasteiger partial charge in [0.2, 0.25) is 0 Å². The number of ether oxygens (including phenoxy) is 5. The molecule has 1 heterocycles. The molecule has 1 aliphatic heterocycles. The van der Waals surface area contributed by atoms with E-state index in [1.165, 1.54) is 26.0 Å². The third kappa shape index (κ3) is 7.29. The first kappa shape index (κ1) is 44.3. The summed E-state index contributed by atoms with van der Waals surface area (Å²) in [6, 6.07) is 22.9. The van der Waals surface area contributed by atoms with Crippen molar-refractivity contribution >= 4 is 35.6 Å². The molecule has 62 heavy (non-hydrogen) atoms. The van der Waals surface area contributed by atoms with Crippen LogP contribution in [0.2, 0.25) is 0 Å². The molecule has 0 spiro atoms. The Kier molecular flexibility index (Phi) is 11.8. The fourth-order valence-corrected chi connectivity index (χ4v) is 10.2. The SMILES string of the molecule is CC(=O)O[C@H]1C(=O)[C@@]2(C)[C@H]([C@H](OC(=O)c3ccccc3)[C@]3(O)C[C@H](OC(=O)[C@H](O)[C@@H](NC(=O)c4ccccc4)c4ccccc4)C(C)=C1C3(C)C)[C@]1(OC(C)=O)CO[C@H]1C[C@@H]2O. The maximum Gasteiger partial charge on any atom is 0.338 e. The van der Waals surface area contributed by atoms with Crippen molar-refractivity contribution in [3.05, 3.63) is 119 Å². The zero-order chi connectivity index (χ0) is 44.9. The molecule has 15 nitrogen and oxygen atoms in total. The molecule has 0 radical (unpaired) electrons. The molecule has 3 fully saturated rings. The first-order valence-corrected chi connectivity index (χ1v) is 20.5. The van der Waals surface area contributed by atoms with Crippen molar-refractivity contribution in [2.24, 2.45) is 16.7 Å². The van der Waals surface area contributed by atoms with Crippen LogP contribution < -0.4 is 5.32 Å². The molecule has 2 bridgehead atoms. The van der Waals surface area contributed by atoms with Gasteiger partial charge in [-0.3, -0.25) is 19.2 Å². The summed E-state index contributed by atoms with van der Waals surface area (Å²) in [5, 5.41) is 40.2. The van der Waals surface area contributed by atoms with Gasteiger partial charge in [-0.25, -0.2) is 9.59 Å². The standard InChI is InChI=1S/C47H51NO14/c1-25-31(60-43(56)36(52)35(28-16-10-7-11-17-28)48-41(54)29-18-12-8-13-19-29)23-47(57)40(61-42(55)30-20-14-9-15-21-30)38-45(6,32(51)22-33-46(38,24-58-33)62-27(3)50)39(53)37(59-26(2)49)34(25)44(47,4)5/h7-21,31-33,35-38,40,51-52,57H,22-24H2,1-6H3,(H,48,54)/t31-,32-,33-,35-,36+,37+,38-,40-,45+,46-,47+/m0/s1. The largest absolute Gasteiger partial charge is 0.456 e. The molecule has 0 unspecified atom stereocenters. The van der Waals surface area contributed by atoms with Gasteiger partial charge in [0.15, 0.2) is 23.6 Å². The molecule has 1 saturated heterocycles. The fraction of sp³-hybridized carbons (Fsp3) is 0.447. The highest BCUT2D eigenvalue weighted by molar-refractivity contribution is 5.96. The van der Waals surface area contributed by atoms with Crippen molar-refractivity contribution in [2.45, 2.75) is 108 Å². The molecule has 1 amide bonds. The lowest BCUT2D eigenvalue weighted by Gasteiger charge is -2.67. The molecule has 3 aliphatic carbocycles. The molecule has 15 heteroatoms. The first-order valence-electron chi connectivity index (χ1n) is 20.5. The summed E-state index contributed by atoms with van der Waals surface area (Å²) in [6.45, 7) is 7.97. The second-order valence-electron chi connectivity index (χ2n) is 17.4. The summed E-state index contributed by atoms with van der Waals surface area (Å²) in [5.74, 6) is -6.84. The van der Waals surface area contributed by atoms with E-state index in [1.807, 2.05) is 0 Å². The van der Waals surface area contributed by atoms with Crippen LogP contribution >= 0.6 is 0 Å². The highest BCUT2D eigenvalue weighted by Gasteiger charge is 2.78. The molecule has 4 aliphatic rings. The predicted molar refractivity (Wildman–Crippen MR) is 218 cm³/mol. The van der Waals surface area contributed by atoms with E-state index in [0.29, 0.717) is 5.56 Å². The van der Waals surface area contributed by atoms with E-state index < -0.39 is 113 Å². The second-order valence-corrected chi connectivity index (χ2v) is 17.4. The number of hydrogen-bond donors (Lipinski definition) is 4. The van der Waals surface area contributed by atoms with Gasteiger partial charge in [0.25, 0.3) is 5.91 Å². The number of carbonyl (C=O) groups is 6. The smallest absolute Gasteiger partial charge is 0.338 e. The summed E-state index contributed by atoms with van der Waals surface area (Å²) in [4.78, 5) is 83.5. The average molecular weight is 854 g/mol. The van der Waals surface area contributed by atoms with Crippen molar-refractivity contribution in [1.29, 1.82) is 0 Å². The van der Waals surface area contributed by atoms with Crippen molar-refractivity contribution in [3.8, 4) is 0 Å². The average Bonchev–Trinajstić information content (AvgIpc) is 3.24. The molecule has 3 aromatic rings. The Balaban J connectivity index is 1.39. The van der Waals surface area contributed by atoms with Crippen molar-refractivity contribution < 1.29 is 67.8 Å². The van der Waals surface area contributed by atoms with Gasteiger partial charge in [0, 0.05) is 37.7 Å². The van der Waals surface area contributed by atoms with E-state index >= 15 is 4.79 Å². The van der Waals surface area contributed by atoms with E-state index in [2.05, 4.69) is 5.32 Å². The van der Waals surface area contributed by atoms with E-state index in [-0.39, 0.29) is 35.3 Å². The molecule has 2 saturated carbocycles. The molecule has 7 rings (SSSR count). The molecule has 0 aromatic heterocycles. The van der Waals surface area contributed by atoms with Gasteiger partial charge in [-0.1, -0.05) is 80.6 Å². The number of aliphatic hydroxyl groups is 3. The number of aliphatic hydroxyl groups excluding tert-OH is 2. The number of nitrogens with one attached hydrogen (secondary N) is 1. The minimum Gasteiger partial charge on any atom is -0.456 e. The number of carbonyl (C=O) groups excluding carboxylic acids is 6. The van der Waals surface area contributed by atoms with Crippen LogP contribution in [0.15, 0.2) is 102 Å². The maximum absolute atomic E-state index is 15.5. The lowest BCUT2D eigenvalue weighted by molar-refractivity contribution is -0.346. The summed E-state index contributed by atoms with van der Waals surface area (Å²) in [6.07, 6.45) is -10.5. The minimum atomic E-state index is -2.39. The van der Waals surface area contributed by atoms with Gasteiger partial charge in [-0.05, 0) is 54.8 Å². The van der Waals surface area contributed by atoms with Gasteiger partial charge in [0.1, 0.15) is 23.9 Å². The quantitative estimate of drug-likeness (QED) is 0.130. The molecule has 11 atom stereocenters. The zero-order valence-corrected chi connectivity index (χ0v) is 35.2. The van der Waals surface area contributed by atoms with Crippen LogP contribution in [-0.4, -0.2) is 105 Å². The number of rotatable bonds is 10. The Hall–Kier alpha value is -5.74. The number of esters is 4. The zero-order valence-electron chi connectivity index (χ0n) is 35.2. The highest BCUT2D eigenvalue weighted by Crippen LogP contribution is 2.64. The van der Waals surface area contributed by atoms with Crippen LogP contribution in [0, 0.1) is 16.7 Å². The van der Waals surface area contributed by atoms with Crippen molar-refractivity contribution in [1.82, 2.24) is 5.32 Å². The Morgan fingerprint density at radius 1 is 0.823 bits per heavy atom. The summed E-state index contributed by atoms with van der Waals surface area (Å²) in [7, 11) is 0. The van der Waals surface area contributed by atoms with Crippen LogP contribution in [0.5, 0.6) is 0 Å². The topological polar surface area (TPSA) is 221 Å². The Bertz CT molecular complexity index is 2280. The van der Waals surface area contributed by atoms with Crippen molar-refractivity contribution in [2.75, 3.05) is 6.61 Å². The van der Waals surface area contributed by atoms with E-state index in [0.717, 1.165) is 13.8 Å². The van der Waals surface area contributed by atoms with Crippen LogP contribution in [0.4, 0.5) is 0 Å². The van der Waals surface area contributed by atoms with Crippen molar-refractivity contribution in [3.63, 3.8) is 0 Å². The Morgan fingerprint density at radius 3 is 1.95 bits per heavy atom. The van der Waals surface area contributed by atoms with Gasteiger partial charge in [-0.15, -0.1) is 0 Å². The molecule has 4 N–H and O–H groups in total. The number of amides is 1. The van der Waals surface area contributed by atoms with E-state index in [1.54, 1.807) is 92.7 Å². The second kappa shape index (κ2) is 16.5. The Morgan fingerprint density at radius 2 is 1.40 bits per heavy atom. The fourth-order valence-electron chi connectivity index (χ4n) is 10.2. The maximum atomic E-state index is 15.5. The number of hydrogen-bond acceptors (Lipinski definition) is 14. The van der Waals surface area contributed by atoms with Gasteiger partial charge in [-0.2, -0.15) is 0 Å². The molecular formula is C47H51NO14. The lowest BCUT2D eigenvalue weighted by Crippen LogP contribution is -2.82. The third-order valence-electron chi connectivity index (χ3n) is 13.5. The first-order chi connectivity index (χ1) is 29.3. The van der Waals surface area contributed by atoms with E-state index in [9.17, 15) is 39.3 Å². The molecular weight excluding hydrogens is 803 g/mol. The predicted octanol–water partition coefficient (Wildman–Crippen LogP) is 3.74. The minimum absolute atomic E-state index is 0.00289. The van der Waals surface area contributed by atoms with Gasteiger partial charge >= 0.3 is 23.9 Å². The van der Waals surface area contributed by atoms with E-state index in [4.69, 9.17) is 23.7 Å². The third-order valence-corrected chi connectivity index (χ3v) is 13.5. The summed E-state index contributed by atoms with van der Waals surface area (Å²) >= 11 is 0. The normalized spacial score (nSPS) is 31.9. The van der Waals surface area contributed by atoms with Gasteiger partial charge in [0.05, 0.1) is 35.6 Å². The number of Topliss-reactive ketones (excluding diaryl/α,β-unsaturated/α-hetero) is 1. The highest BCUT2D eigenvalue weighted by atomic mass is 16.6. The molecule has 328 valence electrons. The van der Waals surface area contributed by atoms with Crippen LogP contribution in [0.3, 0.4) is 0 Å². The summed E-state index contributed by atoms with van der Waals surface area (Å²) in [5.41, 5.74) is -7.02. The number of benzene rings is 3. The lowest BCUT2D eigenvalue weighted by atomic mass is 9.44. The monoisotopic (exact) mass is 853 g/mol. The summed E-state index contributed by atoms with van der Waals surface area (Å²) < 4.78 is 30.3. The molecule has 3 aromatic carbocycles. The number of fused-ring (bicyclic) bond motifs is 5.